The number of benzene rings is 1. The minimum atomic E-state index is -3.69. The smallest absolute Gasteiger partial charge is 0.240 e. The van der Waals surface area contributed by atoms with E-state index in [0.29, 0.717) is 34.9 Å². The highest BCUT2D eigenvalue weighted by Crippen LogP contribution is 2.26. The first kappa shape index (κ1) is 17.7. The van der Waals surface area contributed by atoms with Crippen molar-refractivity contribution in [1.82, 2.24) is 19.7 Å². The van der Waals surface area contributed by atoms with Crippen LogP contribution in [0.4, 0.5) is 5.69 Å². The standard InChI is InChI=1S/C17H15N5O3S2/c23-16-4-1-11-7-13(2-3-14(11)22-16)27(24,25)20-8-12-10-26-17(21-12)15-9-18-5-6-19-15/h2-3,5-7,9-10,20H,1,4,8H2,(H,22,23). The average Bonchev–Trinajstić information content (AvgIpc) is 3.16. The third kappa shape index (κ3) is 3.87. The van der Waals surface area contributed by atoms with Crippen LogP contribution in [0.2, 0.25) is 0 Å². The van der Waals surface area contributed by atoms with Crippen LogP contribution < -0.4 is 10.0 Å². The number of anilines is 1. The summed E-state index contributed by atoms with van der Waals surface area (Å²) >= 11 is 1.38. The predicted molar refractivity (Wildman–Crippen MR) is 101 cm³/mol. The number of amides is 1. The van der Waals surface area contributed by atoms with Crippen molar-refractivity contribution in [2.75, 3.05) is 5.32 Å². The Morgan fingerprint density at radius 2 is 2.11 bits per heavy atom. The molecular weight excluding hydrogens is 386 g/mol. The zero-order chi connectivity index (χ0) is 18.9. The first-order valence-electron chi connectivity index (χ1n) is 8.14. The summed E-state index contributed by atoms with van der Waals surface area (Å²) in [5.74, 6) is -0.0568. The van der Waals surface area contributed by atoms with Crippen molar-refractivity contribution in [2.45, 2.75) is 24.3 Å². The largest absolute Gasteiger partial charge is 0.326 e. The maximum Gasteiger partial charge on any atom is 0.240 e. The van der Waals surface area contributed by atoms with Crippen LogP contribution in [-0.4, -0.2) is 29.3 Å². The fourth-order valence-corrected chi connectivity index (χ4v) is 4.52. The first-order chi connectivity index (χ1) is 13.0. The minimum Gasteiger partial charge on any atom is -0.326 e. The highest BCUT2D eigenvalue weighted by molar-refractivity contribution is 7.89. The van der Waals surface area contributed by atoms with Gasteiger partial charge in [-0.15, -0.1) is 11.3 Å². The first-order valence-corrected chi connectivity index (χ1v) is 10.5. The van der Waals surface area contributed by atoms with E-state index in [4.69, 9.17) is 0 Å². The molecular formula is C17H15N5O3S2. The van der Waals surface area contributed by atoms with Gasteiger partial charge in [0, 0.05) is 29.9 Å². The summed E-state index contributed by atoms with van der Waals surface area (Å²) in [5.41, 5.74) is 2.73. The molecule has 1 aromatic carbocycles. The Balaban J connectivity index is 1.48. The molecule has 27 heavy (non-hydrogen) atoms. The summed E-state index contributed by atoms with van der Waals surface area (Å²) in [7, 11) is -3.69. The van der Waals surface area contributed by atoms with E-state index in [9.17, 15) is 13.2 Å². The monoisotopic (exact) mass is 401 g/mol. The fourth-order valence-electron chi connectivity index (χ4n) is 2.69. The number of carbonyl (C=O) groups excluding carboxylic acids is 1. The molecule has 2 aromatic heterocycles. The van der Waals surface area contributed by atoms with Crippen molar-refractivity contribution in [3.63, 3.8) is 0 Å². The van der Waals surface area contributed by atoms with Crippen molar-refractivity contribution in [2.24, 2.45) is 0 Å². The molecule has 0 aliphatic carbocycles. The third-order valence-electron chi connectivity index (χ3n) is 4.06. The molecule has 0 saturated heterocycles. The lowest BCUT2D eigenvalue weighted by molar-refractivity contribution is -0.116. The Hall–Kier alpha value is -2.69. The molecule has 0 saturated carbocycles. The molecule has 2 N–H and O–H groups in total. The zero-order valence-corrected chi connectivity index (χ0v) is 15.7. The molecule has 0 bridgehead atoms. The molecule has 0 radical (unpaired) electrons. The SMILES string of the molecule is O=C1CCc2cc(S(=O)(=O)NCc3csc(-c4cnccn4)n3)ccc2N1. The highest BCUT2D eigenvalue weighted by atomic mass is 32.2. The Morgan fingerprint density at radius 1 is 1.22 bits per heavy atom. The van der Waals surface area contributed by atoms with Gasteiger partial charge in [-0.25, -0.2) is 18.1 Å². The van der Waals surface area contributed by atoms with Gasteiger partial charge in [0.05, 0.1) is 23.3 Å². The van der Waals surface area contributed by atoms with Crippen LogP contribution in [-0.2, 0) is 27.8 Å². The normalized spacial score (nSPS) is 13.9. The third-order valence-corrected chi connectivity index (χ3v) is 6.37. The number of thiazole rings is 1. The second-order valence-corrected chi connectivity index (χ2v) is 8.55. The van der Waals surface area contributed by atoms with E-state index in [1.807, 2.05) is 0 Å². The number of hydrogen-bond donors (Lipinski definition) is 2. The Morgan fingerprint density at radius 3 is 2.93 bits per heavy atom. The topological polar surface area (TPSA) is 114 Å². The van der Waals surface area contributed by atoms with Crippen LogP contribution in [0.15, 0.2) is 47.1 Å². The minimum absolute atomic E-state index is 0.0568. The van der Waals surface area contributed by atoms with Gasteiger partial charge in [0.2, 0.25) is 15.9 Å². The summed E-state index contributed by atoms with van der Waals surface area (Å²) in [6, 6.07) is 4.71. The van der Waals surface area contributed by atoms with Crippen molar-refractivity contribution in [3.8, 4) is 10.7 Å². The lowest BCUT2D eigenvalue weighted by Gasteiger charge is -2.17. The molecule has 10 heteroatoms. The number of carbonyl (C=O) groups is 1. The Kier molecular flexibility index (Phi) is 4.68. The van der Waals surface area contributed by atoms with Crippen LogP contribution in [0.1, 0.15) is 17.7 Å². The number of sulfonamides is 1. The van der Waals surface area contributed by atoms with E-state index >= 15 is 0 Å². The molecule has 0 unspecified atom stereocenters. The average molecular weight is 401 g/mol. The lowest BCUT2D eigenvalue weighted by Crippen LogP contribution is -2.24. The van der Waals surface area contributed by atoms with E-state index in [0.717, 1.165) is 5.56 Å². The highest BCUT2D eigenvalue weighted by Gasteiger charge is 2.20. The van der Waals surface area contributed by atoms with Crippen molar-refractivity contribution >= 4 is 33.0 Å². The van der Waals surface area contributed by atoms with Crippen LogP contribution in [0, 0.1) is 0 Å². The van der Waals surface area contributed by atoms with Gasteiger partial charge in [0.25, 0.3) is 0 Å². The van der Waals surface area contributed by atoms with Gasteiger partial charge in [0.1, 0.15) is 10.7 Å². The number of nitrogens with zero attached hydrogens (tertiary/aromatic N) is 3. The summed E-state index contributed by atoms with van der Waals surface area (Å²) < 4.78 is 27.7. The number of fused-ring (bicyclic) bond motifs is 1. The van der Waals surface area contributed by atoms with Crippen LogP contribution in [0.25, 0.3) is 10.7 Å². The number of aromatic nitrogens is 3. The number of aryl methyl sites for hydroxylation is 1. The van der Waals surface area contributed by atoms with Gasteiger partial charge >= 0.3 is 0 Å². The second kappa shape index (κ2) is 7.14. The fraction of sp³-hybridized carbons (Fsp3) is 0.176. The molecule has 138 valence electrons. The molecule has 3 heterocycles. The van der Waals surface area contributed by atoms with Crippen LogP contribution in [0.5, 0.6) is 0 Å². The van der Waals surface area contributed by atoms with Crippen molar-refractivity contribution in [1.29, 1.82) is 0 Å². The van der Waals surface area contributed by atoms with Crippen LogP contribution in [0.3, 0.4) is 0 Å². The van der Waals surface area contributed by atoms with E-state index in [2.05, 4.69) is 25.0 Å². The molecule has 0 spiro atoms. The lowest BCUT2D eigenvalue weighted by atomic mass is 10.0. The number of nitrogens with one attached hydrogen (secondary N) is 2. The summed E-state index contributed by atoms with van der Waals surface area (Å²) in [5, 5.41) is 5.21. The van der Waals surface area contributed by atoms with Gasteiger partial charge in [-0.3, -0.25) is 14.8 Å². The zero-order valence-electron chi connectivity index (χ0n) is 14.0. The maximum atomic E-state index is 12.6. The number of hydrogen-bond acceptors (Lipinski definition) is 7. The van der Waals surface area contributed by atoms with E-state index in [1.165, 1.54) is 17.4 Å². The van der Waals surface area contributed by atoms with E-state index < -0.39 is 10.0 Å². The maximum absolute atomic E-state index is 12.6. The van der Waals surface area contributed by atoms with Gasteiger partial charge < -0.3 is 5.32 Å². The van der Waals surface area contributed by atoms with E-state index in [1.54, 1.807) is 36.1 Å². The molecule has 8 nitrogen and oxygen atoms in total. The van der Waals surface area contributed by atoms with E-state index in [-0.39, 0.29) is 17.3 Å². The summed E-state index contributed by atoms with van der Waals surface area (Å²) in [4.78, 5) is 24.2. The Labute approximate surface area is 159 Å². The Bertz CT molecular complexity index is 1100. The summed E-state index contributed by atoms with van der Waals surface area (Å²) in [6.07, 6.45) is 5.65. The van der Waals surface area contributed by atoms with Crippen LogP contribution >= 0.6 is 11.3 Å². The van der Waals surface area contributed by atoms with Crippen molar-refractivity contribution in [3.05, 3.63) is 53.4 Å². The van der Waals surface area contributed by atoms with Gasteiger partial charge in [-0.2, -0.15) is 0 Å². The molecule has 3 aromatic rings. The predicted octanol–water partition coefficient (Wildman–Crippen LogP) is 1.96. The molecule has 1 aliphatic heterocycles. The molecule has 4 rings (SSSR count). The molecule has 1 amide bonds. The van der Waals surface area contributed by atoms with Gasteiger partial charge in [-0.1, -0.05) is 0 Å². The quantitative estimate of drug-likeness (QED) is 0.676. The molecule has 1 aliphatic rings. The van der Waals surface area contributed by atoms with Gasteiger partial charge in [-0.05, 0) is 30.2 Å². The van der Waals surface area contributed by atoms with Gasteiger partial charge in [0.15, 0.2) is 0 Å². The molecule has 0 atom stereocenters. The molecule has 0 fully saturated rings. The number of rotatable bonds is 5. The summed E-state index contributed by atoms with van der Waals surface area (Å²) in [6.45, 7) is 0.0763. The second-order valence-electron chi connectivity index (χ2n) is 5.93. The van der Waals surface area contributed by atoms with Crippen molar-refractivity contribution < 1.29 is 13.2 Å².